The molecule has 0 unspecified atom stereocenters. The van der Waals surface area contributed by atoms with Gasteiger partial charge in [-0.2, -0.15) is 0 Å². The third-order valence-electron chi connectivity index (χ3n) is 4.42. The summed E-state index contributed by atoms with van der Waals surface area (Å²) in [4.78, 5) is 36.7. The van der Waals surface area contributed by atoms with Crippen LogP contribution < -0.4 is 9.47 Å². The second-order valence-electron chi connectivity index (χ2n) is 6.01. The summed E-state index contributed by atoms with van der Waals surface area (Å²) in [6.07, 6.45) is 0. The first-order valence-corrected chi connectivity index (χ1v) is 9.73. The van der Waals surface area contributed by atoms with Crippen LogP contribution in [0.5, 0.6) is 11.5 Å². The first-order valence-electron chi connectivity index (χ1n) is 8.29. The monoisotopic (exact) mass is 419 g/mol. The van der Waals surface area contributed by atoms with E-state index in [1.807, 2.05) is 0 Å². The number of esters is 1. The van der Waals surface area contributed by atoms with E-state index in [1.165, 1.54) is 44.6 Å². The number of carbonyl (C=O) groups excluding carboxylic acids is 3. The highest BCUT2D eigenvalue weighted by Gasteiger charge is 2.42. The molecular formula is C19H17NO8S. The third kappa shape index (κ3) is 3.42. The molecule has 3 rings (SSSR count). The van der Waals surface area contributed by atoms with Crippen LogP contribution in [0.15, 0.2) is 41.3 Å². The normalized spacial score (nSPS) is 14.3. The summed E-state index contributed by atoms with van der Waals surface area (Å²) in [5.41, 5.74) is -0.0396. The van der Waals surface area contributed by atoms with Gasteiger partial charge in [-0.25, -0.2) is 17.5 Å². The second-order valence-corrected chi connectivity index (χ2v) is 7.84. The molecule has 0 saturated carbocycles. The standard InChI is InChI=1S/C19H17NO8S/c1-26-12-5-7-13(16(9-12)27-2)15(21)10-20-18(22)14-6-4-11(19(23)28-3)8-17(14)29(20,24)25/h4-9H,10H2,1-3H3. The lowest BCUT2D eigenvalue weighted by Gasteiger charge is -2.15. The van der Waals surface area contributed by atoms with Crippen LogP contribution in [0.1, 0.15) is 31.1 Å². The number of hydrogen-bond donors (Lipinski definition) is 0. The predicted octanol–water partition coefficient (Wildman–Crippen LogP) is 1.52. The van der Waals surface area contributed by atoms with Crippen molar-refractivity contribution in [3.05, 3.63) is 53.1 Å². The summed E-state index contributed by atoms with van der Waals surface area (Å²) in [5.74, 6) is -1.59. The first-order chi connectivity index (χ1) is 13.7. The van der Waals surface area contributed by atoms with Crippen LogP contribution in [0.4, 0.5) is 0 Å². The minimum atomic E-state index is -4.31. The molecule has 0 atom stereocenters. The van der Waals surface area contributed by atoms with Crippen LogP contribution in [0.2, 0.25) is 0 Å². The van der Waals surface area contributed by atoms with Gasteiger partial charge in [-0.15, -0.1) is 0 Å². The molecule has 152 valence electrons. The zero-order chi connectivity index (χ0) is 21.3. The van der Waals surface area contributed by atoms with Gasteiger partial charge in [-0.05, 0) is 30.3 Å². The fraction of sp³-hybridized carbons (Fsp3) is 0.211. The Kier molecular flexibility index (Phi) is 5.29. The van der Waals surface area contributed by atoms with Gasteiger partial charge in [0.15, 0.2) is 5.78 Å². The van der Waals surface area contributed by atoms with Crippen LogP contribution in [-0.2, 0) is 14.8 Å². The van der Waals surface area contributed by atoms with E-state index in [0.29, 0.717) is 10.1 Å². The first kappa shape index (κ1) is 20.3. The minimum absolute atomic E-state index is 0.0207. The smallest absolute Gasteiger partial charge is 0.337 e. The highest BCUT2D eigenvalue weighted by Crippen LogP contribution is 2.32. The quantitative estimate of drug-likeness (QED) is 0.511. The largest absolute Gasteiger partial charge is 0.497 e. The van der Waals surface area contributed by atoms with Crippen molar-refractivity contribution in [3.8, 4) is 11.5 Å². The third-order valence-corrected chi connectivity index (χ3v) is 6.19. The number of ketones is 1. The Bertz CT molecular complexity index is 1120. The number of amides is 1. The Morgan fingerprint density at radius 2 is 1.72 bits per heavy atom. The van der Waals surface area contributed by atoms with Crippen molar-refractivity contribution in [1.82, 2.24) is 4.31 Å². The number of carbonyl (C=O) groups is 3. The lowest BCUT2D eigenvalue weighted by molar-refractivity contribution is 0.0600. The SMILES string of the molecule is COC(=O)c1ccc2c(c1)S(=O)(=O)N(CC(=O)c1ccc(OC)cc1OC)C2=O. The molecule has 0 aliphatic carbocycles. The van der Waals surface area contributed by atoms with Gasteiger partial charge in [0, 0.05) is 6.07 Å². The Hall–Kier alpha value is -3.40. The fourth-order valence-electron chi connectivity index (χ4n) is 2.92. The molecule has 0 fully saturated rings. The van der Waals surface area contributed by atoms with Crippen LogP contribution in [0.25, 0.3) is 0 Å². The summed E-state index contributed by atoms with van der Waals surface area (Å²) >= 11 is 0. The summed E-state index contributed by atoms with van der Waals surface area (Å²) in [6.45, 7) is -0.716. The van der Waals surface area contributed by atoms with E-state index in [0.717, 1.165) is 13.2 Å². The van der Waals surface area contributed by atoms with Crippen molar-refractivity contribution in [2.45, 2.75) is 4.90 Å². The second kappa shape index (κ2) is 7.55. The summed E-state index contributed by atoms with van der Waals surface area (Å²) in [5, 5.41) is 0. The zero-order valence-electron chi connectivity index (χ0n) is 15.8. The molecule has 2 aromatic rings. The molecule has 29 heavy (non-hydrogen) atoms. The summed E-state index contributed by atoms with van der Waals surface area (Å²) in [7, 11) is -0.346. The number of rotatable bonds is 6. The van der Waals surface area contributed by atoms with Gasteiger partial charge in [0.25, 0.3) is 15.9 Å². The molecule has 1 aliphatic rings. The summed E-state index contributed by atoms with van der Waals surface area (Å²) < 4.78 is 40.9. The van der Waals surface area contributed by atoms with Crippen LogP contribution in [0.3, 0.4) is 0 Å². The maximum atomic E-state index is 12.8. The van der Waals surface area contributed by atoms with Crippen molar-refractivity contribution >= 4 is 27.7 Å². The van der Waals surface area contributed by atoms with Gasteiger partial charge in [0.2, 0.25) is 0 Å². The average Bonchev–Trinajstić information content (AvgIpc) is 2.92. The molecule has 1 amide bonds. The van der Waals surface area contributed by atoms with Gasteiger partial charge >= 0.3 is 5.97 Å². The van der Waals surface area contributed by atoms with E-state index in [-0.39, 0.29) is 27.3 Å². The molecular weight excluding hydrogens is 402 g/mol. The van der Waals surface area contributed by atoms with Crippen LogP contribution in [-0.4, -0.2) is 58.3 Å². The Balaban J connectivity index is 1.95. The number of methoxy groups -OCH3 is 3. The molecule has 0 bridgehead atoms. The van der Waals surface area contributed by atoms with Crippen molar-refractivity contribution < 1.29 is 37.0 Å². The Morgan fingerprint density at radius 1 is 1.00 bits per heavy atom. The minimum Gasteiger partial charge on any atom is -0.497 e. The molecule has 2 aromatic carbocycles. The lowest BCUT2D eigenvalue weighted by atomic mass is 10.1. The Labute approximate surface area is 166 Å². The highest BCUT2D eigenvalue weighted by molar-refractivity contribution is 7.90. The van der Waals surface area contributed by atoms with Crippen molar-refractivity contribution in [2.75, 3.05) is 27.9 Å². The van der Waals surface area contributed by atoms with Crippen molar-refractivity contribution in [2.24, 2.45) is 0 Å². The van der Waals surface area contributed by atoms with Gasteiger partial charge in [0.1, 0.15) is 22.9 Å². The number of hydrogen-bond acceptors (Lipinski definition) is 8. The van der Waals surface area contributed by atoms with Gasteiger partial charge in [-0.1, -0.05) is 0 Å². The fourth-order valence-corrected chi connectivity index (χ4v) is 4.47. The van der Waals surface area contributed by atoms with Crippen LogP contribution in [0, 0.1) is 0 Å². The zero-order valence-corrected chi connectivity index (χ0v) is 16.6. The number of Topliss-reactive ketones (excluding diaryl/α,β-unsaturated/α-hetero) is 1. The number of benzene rings is 2. The molecule has 0 saturated heterocycles. The average molecular weight is 419 g/mol. The highest BCUT2D eigenvalue weighted by atomic mass is 32.2. The summed E-state index contributed by atoms with van der Waals surface area (Å²) in [6, 6.07) is 8.00. The number of sulfonamides is 1. The number of nitrogens with zero attached hydrogens (tertiary/aromatic N) is 1. The molecule has 0 aromatic heterocycles. The van der Waals surface area contributed by atoms with E-state index in [2.05, 4.69) is 4.74 Å². The van der Waals surface area contributed by atoms with Gasteiger partial charge in [0.05, 0.1) is 38.0 Å². The van der Waals surface area contributed by atoms with Gasteiger partial charge < -0.3 is 14.2 Å². The molecule has 0 spiro atoms. The van der Waals surface area contributed by atoms with E-state index in [1.54, 1.807) is 0 Å². The number of ether oxygens (including phenoxy) is 3. The maximum absolute atomic E-state index is 12.8. The van der Waals surface area contributed by atoms with E-state index in [4.69, 9.17) is 9.47 Å². The van der Waals surface area contributed by atoms with Crippen LogP contribution >= 0.6 is 0 Å². The van der Waals surface area contributed by atoms with Crippen molar-refractivity contribution in [3.63, 3.8) is 0 Å². The topological polar surface area (TPSA) is 116 Å². The van der Waals surface area contributed by atoms with Gasteiger partial charge in [-0.3, -0.25) is 9.59 Å². The Morgan fingerprint density at radius 3 is 2.34 bits per heavy atom. The van der Waals surface area contributed by atoms with E-state index < -0.39 is 34.2 Å². The molecule has 10 heteroatoms. The molecule has 1 aliphatic heterocycles. The predicted molar refractivity (Wildman–Crippen MR) is 99.9 cm³/mol. The lowest BCUT2D eigenvalue weighted by Crippen LogP contribution is -2.35. The molecule has 0 N–H and O–H groups in total. The van der Waals surface area contributed by atoms with Crippen molar-refractivity contribution in [1.29, 1.82) is 0 Å². The maximum Gasteiger partial charge on any atom is 0.337 e. The molecule has 0 radical (unpaired) electrons. The molecule has 9 nitrogen and oxygen atoms in total. The number of fused-ring (bicyclic) bond motifs is 1. The molecule has 1 heterocycles. The van der Waals surface area contributed by atoms with E-state index in [9.17, 15) is 22.8 Å². The van der Waals surface area contributed by atoms with E-state index >= 15 is 0 Å².